The van der Waals surface area contributed by atoms with Gasteiger partial charge in [0.15, 0.2) is 11.5 Å². The van der Waals surface area contributed by atoms with Gasteiger partial charge in [-0.2, -0.15) is 0 Å². The fraction of sp³-hybridized carbons (Fsp3) is 0.312. The molecule has 0 aliphatic carbocycles. The van der Waals surface area contributed by atoms with Crippen LogP contribution in [0.2, 0.25) is 0 Å². The first-order chi connectivity index (χ1) is 11.6. The SMILES string of the molecule is C=CCOc1ccc(C(=O)NCCN2C(=O)CNC2=O)cc1OC. The van der Waals surface area contributed by atoms with Crippen LogP contribution in [0.25, 0.3) is 0 Å². The number of hydrogen-bond acceptors (Lipinski definition) is 5. The number of methoxy groups -OCH3 is 1. The summed E-state index contributed by atoms with van der Waals surface area (Å²) < 4.78 is 10.6. The van der Waals surface area contributed by atoms with Crippen LogP contribution in [0.3, 0.4) is 0 Å². The highest BCUT2D eigenvalue weighted by Crippen LogP contribution is 2.28. The van der Waals surface area contributed by atoms with Gasteiger partial charge in [0.2, 0.25) is 5.91 Å². The smallest absolute Gasteiger partial charge is 0.324 e. The summed E-state index contributed by atoms with van der Waals surface area (Å²) in [6.07, 6.45) is 1.61. The van der Waals surface area contributed by atoms with Crippen molar-refractivity contribution in [2.24, 2.45) is 0 Å². The second-order valence-corrected chi connectivity index (χ2v) is 4.93. The second-order valence-electron chi connectivity index (χ2n) is 4.93. The highest BCUT2D eigenvalue weighted by Gasteiger charge is 2.27. The molecule has 1 aliphatic rings. The number of carbonyl (C=O) groups is 3. The van der Waals surface area contributed by atoms with Crippen molar-refractivity contribution in [3.63, 3.8) is 0 Å². The Labute approximate surface area is 139 Å². The van der Waals surface area contributed by atoms with E-state index in [-0.39, 0.29) is 31.4 Å². The predicted octanol–water partition coefficient (Wildman–Crippen LogP) is 0.542. The molecule has 0 saturated carbocycles. The van der Waals surface area contributed by atoms with E-state index in [0.717, 1.165) is 4.90 Å². The normalized spacial score (nSPS) is 13.5. The number of ether oxygens (including phenoxy) is 2. The van der Waals surface area contributed by atoms with Crippen molar-refractivity contribution in [1.82, 2.24) is 15.5 Å². The van der Waals surface area contributed by atoms with E-state index in [1.807, 2.05) is 0 Å². The van der Waals surface area contributed by atoms with Gasteiger partial charge >= 0.3 is 6.03 Å². The molecule has 0 bridgehead atoms. The predicted molar refractivity (Wildman–Crippen MR) is 86.1 cm³/mol. The molecular formula is C16H19N3O5. The Morgan fingerprint density at radius 2 is 2.21 bits per heavy atom. The van der Waals surface area contributed by atoms with Gasteiger partial charge in [0.05, 0.1) is 13.7 Å². The van der Waals surface area contributed by atoms with E-state index >= 15 is 0 Å². The van der Waals surface area contributed by atoms with Crippen molar-refractivity contribution in [2.45, 2.75) is 0 Å². The molecule has 1 heterocycles. The fourth-order valence-electron chi connectivity index (χ4n) is 2.14. The monoisotopic (exact) mass is 333 g/mol. The maximum Gasteiger partial charge on any atom is 0.324 e. The van der Waals surface area contributed by atoms with Crippen molar-refractivity contribution in [3.8, 4) is 11.5 Å². The third-order valence-corrected chi connectivity index (χ3v) is 3.34. The lowest BCUT2D eigenvalue weighted by atomic mass is 10.2. The van der Waals surface area contributed by atoms with Crippen LogP contribution in [0.4, 0.5) is 4.79 Å². The van der Waals surface area contributed by atoms with Gasteiger partial charge in [-0.1, -0.05) is 12.7 Å². The molecular weight excluding hydrogens is 314 g/mol. The Morgan fingerprint density at radius 1 is 1.42 bits per heavy atom. The van der Waals surface area contributed by atoms with Crippen LogP contribution in [0.1, 0.15) is 10.4 Å². The molecule has 128 valence electrons. The number of hydrogen-bond donors (Lipinski definition) is 2. The molecule has 1 aromatic rings. The van der Waals surface area contributed by atoms with Gasteiger partial charge in [-0.25, -0.2) is 4.79 Å². The van der Waals surface area contributed by atoms with E-state index in [1.54, 1.807) is 24.3 Å². The van der Waals surface area contributed by atoms with Crippen LogP contribution in [0.15, 0.2) is 30.9 Å². The standard InChI is InChI=1S/C16H19N3O5/c1-3-8-24-12-5-4-11(9-13(12)23-2)15(21)17-6-7-19-14(20)10-18-16(19)22/h3-5,9H,1,6-8,10H2,2H3,(H,17,21)(H,18,22). The number of benzene rings is 1. The summed E-state index contributed by atoms with van der Waals surface area (Å²) in [5.41, 5.74) is 0.384. The average molecular weight is 333 g/mol. The molecule has 1 saturated heterocycles. The van der Waals surface area contributed by atoms with Crippen LogP contribution >= 0.6 is 0 Å². The number of urea groups is 1. The minimum absolute atomic E-state index is 0.00382. The molecule has 1 aromatic carbocycles. The van der Waals surface area contributed by atoms with Gasteiger partial charge in [-0.05, 0) is 18.2 Å². The maximum absolute atomic E-state index is 12.1. The fourth-order valence-corrected chi connectivity index (χ4v) is 2.14. The topological polar surface area (TPSA) is 97.0 Å². The first-order valence-corrected chi connectivity index (χ1v) is 7.35. The minimum Gasteiger partial charge on any atom is -0.493 e. The molecule has 1 aliphatic heterocycles. The number of carbonyl (C=O) groups excluding carboxylic acids is 3. The Morgan fingerprint density at radius 3 is 2.83 bits per heavy atom. The van der Waals surface area contributed by atoms with E-state index < -0.39 is 6.03 Å². The minimum atomic E-state index is -0.445. The molecule has 0 aromatic heterocycles. The van der Waals surface area contributed by atoms with E-state index in [2.05, 4.69) is 17.2 Å². The first kappa shape index (κ1) is 17.3. The quantitative estimate of drug-likeness (QED) is 0.535. The number of imide groups is 1. The lowest BCUT2D eigenvalue weighted by molar-refractivity contribution is -0.124. The molecule has 2 N–H and O–H groups in total. The molecule has 0 radical (unpaired) electrons. The van der Waals surface area contributed by atoms with Crippen molar-refractivity contribution in [2.75, 3.05) is 33.4 Å². The van der Waals surface area contributed by atoms with Crippen molar-refractivity contribution in [3.05, 3.63) is 36.4 Å². The number of nitrogens with zero attached hydrogens (tertiary/aromatic N) is 1. The van der Waals surface area contributed by atoms with Gasteiger partial charge in [0, 0.05) is 18.7 Å². The van der Waals surface area contributed by atoms with Gasteiger partial charge in [0.1, 0.15) is 6.61 Å². The van der Waals surface area contributed by atoms with Crippen LogP contribution < -0.4 is 20.1 Å². The summed E-state index contributed by atoms with van der Waals surface area (Å²) in [4.78, 5) is 36.0. The summed E-state index contributed by atoms with van der Waals surface area (Å²) in [7, 11) is 1.48. The van der Waals surface area contributed by atoms with E-state index in [4.69, 9.17) is 9.47 Å². The average Bonchev–Trinajstić information content (AvgIpc) is 2.91. The Balaban J connectivity index is 1.93. The second kappa shape index (κ2) is 8.00. The summed E-state index contributed by atoms with van der Waals surface area (Å²) in [5.74, 6) is 0.294. The molecule has 0 unspecified atom stereocenters. The van der Waals surface area contributed by atoms with E-state index in [0.29, 0.717) is 23.7 Å². The van der Waals surface area contributed by atoms with Crippen molar-refractivity contribution < 1.29 is 23.9 Å². The molecule has 0 spiro atoms. The third-order valence-electron chi connectivity index (χ3n) is 3.34. The van der Waals surface area contributed by atoms with Gasteiger partial charge < -0.3 is 20.1 Å². The van der Waals surface area contributed by atoms with Crippen LogP contribution in [-0.2, 0) is 4.79 Å². The lowest BCUT2D eigenvalue weighted by Gasteiger charge is -2.14. The van der Waals surface area contributed by atoms with E-state index in [9.17, 15) is 14.4 Å². The molecule has 8 heteroatoms. The van der Waals surface area contributed by atoms with E-state index in [1.165, 1.54) is 7.11 Å². The molecule has 2 rings (SSSR count). The Kier molecular flexibility index (Phi) is 5.78. The zero-order valence-electron chi connectivity index (χ0n) is 13.3. The summed E-state index contributed by atoms with van der Waals surface area (Å²) >= 11 is 0. The van der Waals surface area contributed by atoms with Crippen molar-refractivity contribution >= 4 is 17.8 Å². The van der Waals surface area contributed by atoms with Gasteiger partial charge in [0.25, 0.3) is 5.91 Å². The molecule has 4 amide bonds. The summed E-state index contributed by atoms with van der Waals surface area (Å²) in [6.45, 7) is 4.17. The third kappa shape index (κ3) is 4.03. The number of rotatable bonds is 8. The maximum atomic E-state index is 12.1. The Bertz CT molecular complexity index is 643. The first-order valence-electron chi connectivity index (χ1n) is 7.35. The van der Waals surface area contributed by atoms with Gasteiger partial charge in [-0.3, -0.25) is 14.5 Å². The molecule has 0 atom stereocenters. The summed E-state index contributed by atoms with van der Waals surface area (Å²) in [5, 5.41) is 5.07. The summed E-state index contributed by atoms with van der Waals surface area (Å²) in [6, 6.07) is 4.35. The van der Waals surface area contributed by atoms with Crippen molar-refractivity contribution in [1.29, 1.82) is 0 Å². The van der Waals surface area contributed by atoms with Crippen LogP contribution in [-0.4, -0.2) is 56.1 Å². The lowest BCUT2D eigenvalue weighted by Crippen LogP contribution is -2.38. The molecule has 24 heavy (non-hydrogen) atoms. The largest absolute Gasteiger partial charge is 0.493 e. The highest BCUT2D eigenvalue weighted by molar-refractivity contribution is 6.02. The van der Waals surface area contributed by atoms with Crippen LogP contribution in [0, 0.1) is 0 Å². The molecule has 8 nitrogen and oxygen atoms in total. The highest BCUT2D eigenvalue weighted by atomic mass is 16.5. The van der Waals surface area contributed by atoms with Gasteiger partial charge in [-0.15, -0.1) is 0 Å². The van der Waals surface area contributed by atoms with Crippen LogP contribution in [0.5, 0.6) is 11.5 Å². The number of nitrogens with one attached hydrogen (secondary N) is 2. The zero-order chi connectivity index (χ0) is 17.5. The number of amides is 4. The molecule has 1 fully saturated rings. The Hall–Kier alpha value is -3.03. The zero-order valence-corrected chi connectivity index (χ0v) is 13.3.